The number of imidazole rings is 1. The van der Waals surface area contributed by atoms with Gasteiger partial charge in [0.25, 0.3) is 0 Å². The van der Waals surface area contributed by atoms with E-state index in [9.17, 15) is 4.39 Å². The van der Waals surface area contributed by atoms with Crippen LogP contribution in [0.15, 0.2) is 79.4 Å². The molecule has 9 nitrogen and oxygen atoms in total. The third-order valence-corrected chi connectivity index (χ3v) is 7.60. The van der Waals surface area contributed by atoms with Gasteiger partial charge in [-0.15, -0.1) is 5.10 Å². The number of fused-ring (bicyclic) bond motifs is 1. The largest absolute Gasteiger partial charge is 0.353 e. The van der Waals surface area contributed by atoms with E-state index in [0.717, 1.165) is 85.6 Å². The molecule has 5 aromatic rings. The number of benzene rings is 1. The van der Waals surface area contributed by atoms with Gasteiger partial charge in [-0.3, -0.25) is 4.98 Å². The monoisotopic (exact) mass is 521 g/mol. The highest BCUT2D eigenvalue weighted by Gasteiger charge is 2.28. The van der Waals surface area contributed by atoms with Gasteiger partial charge in [0.2, 0.25) is 0 Å². The first kappa shape index (κ1) is 23.5. The Kier molecular flexibility index (Phi) is 5.99. The van der Waals surface area contributed by atoms with Crippen molar-refractivity contribution in [1.82, 2.24) is 29.5 Å². The van der Waals surface area contributed by atoms with Crippen molar-refractivity contribution in [2.24, 2.45) is 0 Å². The summed E-state index contributed by atoms with van der Waals surface area (Å²) < 4.78 is 15.8. The van der Waals surface area contributed by atoms with Crippen molar-refractivity contribution < 1.29 is 4.39 Å². The molecule has 10 heteroatoms. The fourth-order valence-corrected chi connectivity index (χ4v) is 5.65. The summed E-state index contributed by atoms with van der Waals surface area (Å²) in [5, 5.41) is 4.99. The number of halogens is 1. The maximum absolute atomic E-state index is 14.0. The summed E-state index contributed by atoms with van der Waals surface area (Å²) in [6.45, 7) is 4.27. The molecule has 2 saturated heterocycles. The fraction of sp³-hybridized carbons (Fsp3) is 0.276. The molecule has 1 unspecified atom stereocenters. The van der Waals surface area contributed by atoms with E-state index in [4.69, 9.17) is 10.1 Å². The summed E-state index contributed by atoms with van der Waals surface area (Å²) in [5.41, 5.74) is 3.41. The van der Waals surface area contributed by atoms with Gasteiger partial charge < -0.3 is 14.7 Å². The summed E-state index contributed by atoms with van der Waals surface area (Å²) in [5.74, 6) is 2.48. The predicted molar refractivity (Wildman–Crippen MR) is 148 cm³/mol. The summed E-state index contributed by atoms with van der Waals surface area (Å²) in [6.07, 6.45) is 9.06. The molecule has 0 radical (unpaired) electrons. The number of hydrogen-bond acceptors (Lipinski definition) is 8. The molecule has 196 valence electrons. The summed E-state index contributed by atoms with van der Waals surface area (Å²) in [4.78, 5) is 25.0. The number of anilines is 3. The first-order valence-corrected chi connectivity index (χ1v) is 13.3. The van der Waals surface area contributed by atoms with Gasteiger partial charge in [-0.05, 0) is 54.8 Å². The number of pyridine rings is 1. The molecule has 2 fully saturated rings. The smallest absolute Gasteiger partial charge is 0.154 e. The molecule has 0 saturated carbocycles. The third-order valence-electron chi connectivity index (χ3n) is 7.60. The van der Waals surface area contributed by atoms with E-state index >= 15 is 0 Å². The average molecular weight is 522 g/mol. The molecular weight excluding hydrogens is 493 g/mol. The third kappa shape index (κ3) is 4.52. The molecule has 0 amide bonds. The molecule has 2 aliphatic rings. The van der Waals surface area contributed by atoms with E-state index in [2.05, 4.69) is 35.7 Å². The SMILES string of the molecule is Fc1cccc(C2CCCN2c2ccc3ncc(-c4cccc(N5CCN(c6cnccn6)CC5)n4)n3n2)c1. The molecule has 0 spiro atoms. The van der Waals surface area contributed by atoms with Crippen LogP contribution < -0.4 is 14.7 Å². The molecule has 0 N–H and O–H groups in total. The van der Waals surface area contributed by atoms with Gasteiger partial charge in [0.05, 0.1) is 24.1 Å². The number of nitrogens with zero attached hydrogens (tertiary/aromatic N) is 9. The highest BCUT2D eigenvalue weighted by Crippen LogP contribution is 2.35. The topological polar surface area (TPSA) is 78.6 Å². The van der Waals surface area contributed by atoms with Crippen molar-refractivity contribution in [3.8, 4) is 11.4 Å². The molecule has 1 atom stereocenters. The minimum absolute atomic E-state index is 0.0969. The van der Waals surface area contributed by atoms with Crippen LogP contribution >= 0.6 is 0 Å². The lowest BCUT2D eigenvalue weighted by Gasteiger charge is -2.35. The van der Waals surface area contributed by atoms with Crippen molar-refractivity contribution in [2.75, 3.05) is 47.4 Å². The standard InChI is InChI=1S/C29H28FN9/c30-22-5-1-4-21(18-22)24-7-3-13-38(24)28-10-9-26-33-19-25(39(26)35-28)23-6-2-8-27(34-23)36-14-16-37(17-15-36)29-20-31-11-12-32-29/h1-2,4-6,8-12,18-20,24H,3,7,13-17H2. The zero-order valence-corrected chi connectivity index (χ0v) is 21.4. The lowest BCUT2D eigenvalue weighted by Crippen LogP contribution is -2.47. The zero-order chi connectivity index (χ0) is 26.2. The van der Waals surface area contributed by atoms with Crippen LogP contribution in [0.1, 0.15) is 24.4 Å². The normalized spacial score (nSPS) is 17.8. The summed E-state index contributed by atoms with van der Waals surface area (Å²) in [7, 11) is 0. The molecular formula is C29H28FN9. The Hall–Kier alpha value is -4.60. The maximum atomic E-state index is 14.0. The molecule has 7 rings (SSSR count). The van der Waals surface area contributed by atoms with Gasteiger partial charge >= 0.3 is 0 Å². The first-order chi connectivity index (χ1) is 19.2. The second-order valence-electron chi connectivity index (χ2n) is 9.93. The van der Waals surface area contributed by atoms with Gasteiger partial charge in [-0.2, -0.15) is 0 Å². The molecule has 39 heavy (non-hydrogen) atoms. The van der Waals surface area contributed by atoms with Crippen LogP contribution in [0, 0.1) is 5.82 Å². The maximum Gasteiger partial charge on any atom is 0.154 e. The lowest BCUT2D eigenvalue weighted by molar-refractivity contribution is 0.617. The Morgan fingerprint density at radius 3 is 2.44 bits per heavy atom. The Morgan fingerprint density at radius 2 is 1.62 bits per heavy atom. The van der Waals surface area contributed by atoms with E-state index in [1.807, 2.05) is 47.2 Å². The minimum atomic E-state index is -0.208. The van der Waals surface area contributed by atoms with E-state index in [0.29, 0.717) is 0 Å². The average Bonchev–Trinajstić information content (AvgIpc) is 3.65. The quantitative estimate of drug-likeness (QED) is 0.337. The van der Waals surface area contributed by atoms with Crippen LogP contribution in [0.2, 0.25) is 0 Å². The molecule has 0 aliphatic carbocycles. The van der Waals surface area contributed by atoms with E-state index in [1.165, 1.54) is 6.07 Å². The molecule has 0 bridgehead atoms. The highest BCUT2D eigenvalue weighted by atomic mass is 19.1. The van der Waals surface area contributed by atoms with Crippen molar-refractivity contribution in [2.45, 2.75) is 18.9 Å². The van der Waals surface area contributed by atoms with Crippen LogP contribution in [0.4, 0.5) is 21.8 Å². The Balaban J connectivity index is 1.15. The Bertz CT molecular complexity index is 1600. The van der Waals surface area contributed by atoms with Crippen LogP contribution in [0.3, 0.4) is 0 Å². The van der Waals surface area contributed by atoms with Gasteiger partial charge in [-0.25, -0.2) is 23.9 Å². The number of hydrogen-bond donors (Lipinski definition) is 0. The number of aromatic nitrogens is 6. The summed E-state index contributed by atoms with van der Waals surface area (Å²) in [6, 6.07) is 17.1. The van der Waals surface area contributed by atoms with Crippen molar-refractivity contribution in [1.29, 1.82) is 0 Å². The van der Waals surface area contributed by atoms with Crippen LogP contribution in [-0.4, -0.2) is 62.3 Å². The molecule has 4 aromatic heterocycles. The Labute approximate surface area is 225 Å². The van der Waals surface area contributed by atoms with Gasteiger partial charge in [0.15, 0.2) is 5.65 Å². The van der Waals surface area contributed by atoms with Crippen LogP contribution in [0.5, 0.6) is 0 Å². The second kappa shape index (κ2) is 9.94. The van der Waals surface area contributed by atoms with E-state index in [1.54, 1.807) is 24.5 Å². The summed E-state index contributed by atoms with van der Waals surface area (Å²) >= 11 is 0. The molecule has 1 aromatic carbocycles. The van der Waals surface area contributed by atoms with Crippen molar-refractivity contribution in [3.05, 3.63) is 90.8 Å². The van der Waals surface area contributed by atoms with Crippen molar-refractivity contribution in [3.63, 3.8) is 0 Å². The van der Waals surface area contributed by atoms with Gasteiger partial charge in [-0.1, -0.05) is 18.2 Å². The number of rotatable bonds is 5. The second-order valence-corrected chi connectivity index (χ2v) is 9.93. The molecule has 2 aliphatic heterocycles. The zero-order valence-electron chi connectivity index (χ0n) is 21.4. The van der Waals surface area contributed by atoms with E-state index in [-0.39, 0.29) is 11.9 Å². The molecule has 6 heterocycles. The minimum Gasteiger partial charge on any atom is -0.353 e. The highest BCUT2D eigenvalue weighted by molar-refractivity contribution is 5.63. The fourth-order valence-electron chi connectivity index (χ4n) is 5.65. The van der Waals surface area contributed by atoms with Gasteiger partial charge in [0.1, 0.15) is 29.0 Å². The predicted octanol–water partition coefficient (Wildman–Crippen LogP) is 4.39. The van der Waals surface area contributed by atoms with Crippen LogP contribution in [0.25, 0.3) is 17.0 Å². The first-order valence-electron chi connectivity index (χ1n) is 13.3. The lowest BCUT2D eigenvalue weighted by atomic mass is 10.0. The Morgan fingerprint density at radius 1 is 0.769 bits per heavy atom. The number of piperazine rings is 1. The van der Waals surface area contributed by atoms with Crippen LogP contribution in [-0.2, 0) is 0 Å². The van der Waals surface area contributed by atoms with E-state index < -0.39 is 0 Å². The van der Waals surface area contributed by atoms with Crippen molar-refractivity contribution >= 4 is 23.1 Å². The van der Waals surface area contributed by atoms with Gasteiger partial charge in [0, 0.05) is 45.1 Å².